The number of likely N-dealkylation sites (N-methyl/N-ethyl adjacent to an activating group) is 1. The highest BCUT2D eigenvalue weighted by atomic mass is 16.2. The molecule has 0 aliphatic heterocycles. The van der Waals surface area contributed by atoms with Crippen LogP contribution in [-0.2, 0) is 11.3 Å². The van der Waals surface area contributed by atoms with Crippen molar-refractivity contribution in [3.05, 3.63) is 59.7 Å². The van der Waals surface area contributed by atoms with E-state index in [4.69, 9.17) is 5.26 Å². The summed E-state index contributed by atoms with van der Waals surface area (Å²) in [6.07, 6.45) is 0. The zero-order valence-corrected chi connectivity index (χ0v) is 15.2. The second-order valence-corrected chi connectivity index (χ2v) is 6.49. The zero-order valence-electron chi connectivity index (χ0n) is 15.2. The van der Waals surface area contributed by atoms with Crippen molar-refractivity contribution in [3.63, 3.8) is 0 Å². The van der Waals surface area contributed by atoms with Crippen LogP contribution in [0.15, 0.2) is 48.5 Å². The van der Waals surface area contributed by atoms with E-state index in [0.29, 0.717) is 11.3 Å². The average molecular weight is 337 g/mol. The van der Waals surface area contributed by atoms with Gasteiger partial charge in [0.15, 0.2) is 6.04 Å². The number of anilines is 2. The van der Waals surface area contributed by atoms with Crippen LogP contribution in [0.25, 0.3) is 0 Å². The number of amides is 1. The molecule has 1 amide bonds. The third-order valence-electron chi connectivity index (χ3n) is 4.33. The van der Waals surface area contributed by atoms with Crippen LogP contribution < -0.4 is 15.1 Å². The lowest BCUT2D eigenvalue weighted by Gasteiger charge is -2.21. The Morgan fingerprint density at radius 2 is 1.92 bits per heavy atom. The van der Waals surface area contributed by atoms with Crippen molar-refractivity contribution in [1.82, 2.24) is 0 Å². The van der Waals surface area contributed by atoms with Gasteiger partial charge in [-0.2, -0.15) is 5.26 Å². The Morgan fingerprint density at radius 3 is 2.52 bits per heavy atom. The molecular weight excluding hydrogens is 312 g/mol. The number of quaternary nitrogens is 1. The predicted octanol–water partition coefficient (Wildman–Crippen LogP) is 1.67. The highest BCUT2D eigenvalue weighted by Gasteiger charge is 2.22. The molecule has 0 bridgehead atoms. The molecule has 25 heavy (non-hydrogen) atoms. The summed E-state index contributed by atoms with van der Waals surface area (Å²) in [5, 5.41) is 11.8. The van der Waals surface area contributed by atoms with Crippen molar-refractivity contribution in [2.24, 2.45) is 0 Å². The zero-order chi connectivity index (χ0) is 18.4. The largest absolute Gasteiger partial charge is 0.378 e. The van der Waals surface area contributed by atoms with Gasteiger partial charge in [-0.25, -0.2) is 0 Å². The van der Waals surface area contributed by atoms with Crippen molar-refractivity contribution in [1.29, 1.82) is 5.26 Å². The molecule has 1 unspecified atom stereocenters. The maximum Gasteiger partial charge on any atom is 0.282 e. The standard InChI is InChI=1S/C20H24N4O/c1-15(20(25)22-18-7-5-6-17(12-18)13-21)24(4)14-16-8-10-19(11-9-16)23(2)3/h5-12,15H,14H2,1-4H3,(H,22,25)/p+1/t15-/m0/s1. The first-order chi connectivity index (χ1) is 11.9. The monoisotopic (exact) mass is 337 g/mol. The summed E-state index contributed by atoms with van der Waals surface area (Å²) in [6, 6.07) is 17.2. The van der Waals surface area contributed by atoms with Crippen LogP contribution in [-0.4, -0.2) is 33.1 Å². The molecule has 0 aromatic heterocycles. The number of nitrogens with one attached hydrogen (secondary N) is 2. The maximum absolute atomic E-state index is 12.5. The van der Waals surface area contributed by atoms with Gasteiger partial charge in [-0.05, 0) is 37.3 Å². The second kappa shape index (κ2) is 8.32. The summed E-state index contributed by atoms with van der Waals surface area (Å²) in [5.74, 6) is -0.0579. The fraction of sp³-hybridized carbons (Fsp3) is 0.300. The SMILES string of the molecule is C[C@@H](C(=O)Nc1cccc(C#N)c1)[NH+](C)Cc1ccc(N(C)C)cc1. The van der Waals surface area contributed by atoms with E-state index < -0.39 is 0 Å². The van der Waals surface area contributed by atoms with Crippen molar-refractivity contribution in [2.45, 2.75) is 19.5 Å². The highest BCUT2D eigenvalue weighted by molar-refractivity contribution is 5.93. The molecule has 0 saturated heterocycles. The normalized spacial score (nSPS) is 12.8. The van der Waals surface area contributed by atoms with Crippen molar-refractivity contribution >= 4 is 17.3 Å². The van der Waals surface area contributed by atoms with Crippen LogP contribution in [0.3, 0.4) is 0 Å². The molecule has 5 heteroatoms. The summed E-state index contributed by atoms with van der Waals surface area (Å²) in [6.45, 7) is 2.67. The van der Waals surface area contributed by atoms with E-state index in [2.05, 4.69) is 40.6 Å². The lowest BCUT2D eigenvalue weighted by molar-refractivity contribution is -0.907. The number of carbonyl (C=O) groups is 1. The van der Waals surface area contributed by atoms with Gasteiger partial charge >= 0.3 is 0 Å². The predicted molar refractivity (Wildman–Crippen MR) is 101 cm³/mol. The molecule has 0 aliphatic carbocycles. The van der Waals surface area contributed by atoms with Gasteiger partial charge in [0.1, 0.15) is 6.54 Å². The van der Waals surface area contributed by atoms with Gasteiger partial charge in [-0.1, -0.05) is 18.2 Å². The first kappa shape index (κ1) is 18.5. The van der Waals surface area contributed by atoms with Gasteiger partial charge in [-0.15, -0.1) is 0 Å². The first-order valence-electron chi connectivity index (χ1n) is 8.30. The summed E-state index contributed by atoms with van der Waals surface area (Å²) in [7, 11) is 6.04. The Balaban J connectivity index is 1.97. The maximum atomic E-state index is 12.5. The lowest BCUT2D eigenvalue weighted by atomic mass is 10.1. The van der Waals surface area contributed by atoms with E-state index in [0.717, 1.165) is 17.1 Å². The summed E-state index contributed by atoms with van der Waals surface area (Å²) in [4.78, 5) is 15.6. The molecule has 2 rings (SSSR count). The smallest absolute Gasteiger partial charge is 0.282 e. The summed E-state index contributed by atoms with van der Waals surface area (Å²) in [5.41, 5.74) is 3.53. The van der Waals surface area contributed by atoms with Crippen molar-refractivity contribution < 1.29 is 9.69 Å². The number of hydrogen-bond donors (Lipinski definition) is 2. The molecule has 0 spiro atoms. The van der Waals surface area contributed by atoms with E-state index in [1.54, 1.807) is 24.3 Å². The van der Waals surface area contributed by atoms with E-state index in [-0.39, 0.29) is 11.9 Å². The van der Waals surface area contributed by atoms with Crippen LogP contribution in [0.1, 0.15) is 18.1 Å². The number of nitriles is 1. The van der Waals surface area contributed by atoms with E-state index in [1.807, 2.05) is 28.1 Å². The topological polar surface area (TPSA) is 60.6 Å². The van der Waals surface area contributed by atoms with Crippen LogP contribution in [0.5, 0.6) is 0 Å². The van der Waals surface area contributed by atoms with E-state index in [1.165, 1.54) is 5.56 Å². The van der Waals surface area contributed by atoms with Crippen molar-refractivity contribution in [2.75, 3.05) is 31.4 Å². The summed E-state index contributed by atoms with van der Waals surface area (Å²) < 4.78 is 0. The fourth-order valence-electron chi connectivity index (χ4n) is 2.53. The average Bonchev–Trinajstić information content (AvgIpc) is 2.61. The lowest BCUT2D eigenvalue weighted by Crippen LogP contribution is -3.12. The molecule has 0 fully saturated rings. The molecule has 0 radical (unpaired) electrons. The summed E-state index contributed by atoms with van der Waals surface area (Å²) >= 11 is 0. The van der Waals surface area contributed by atoms with Crippen LogP contribution in [0.2, 0.25) is 0 Å². The molecule has 2 aromatic carbocycles. The Morgan fingerprint density at radius 1 is 1.24 bits per heavy atom. The van der Waals surface area contributed by atoms with Crippen molar-refractivity contribution in [3.8, 4) is 6.07 Å². The number of benzene rings is 2. The Bertz CT molecular complexity index is 762. The number of nitrogens with zero attached hydrogens (tertiary/aromatic N) is 2. The number of hydrogen-bond acceptors (Lipinski definition) is 3. The molecule has 0 aliphatic rings. The van der Waals surface area contributed by atoms with E-state index >= 15 is 0 Å². The van der Waals surface area contributed by atoms with Gasteiger partial charge in [0.25, 0.3) is 5.91 Å². The van der Waals surface area contributed by atoms with Gasteiger partial charge in [0.2, 0.25) is 0 Å². The fourth-order valence-corrected chi connectivity index (χ4v) is 2.53. The van der Waals surface area contributed by atoms with Gasteiger partial charge < -0.3 is 15.1 Å². The molecule has 5 nitrogen and oxygen atoms in total. The molecule has 130 valence electrons. The minimum absolute atomic E-state index is 0.0579. The quantitative estimate of drug-likeness (QED) is 0.843. The van der Waals surface area contributed by atoms with Gasteiger partial charge in [0, 0.05) is 31.0 Å². The molecule has 0 saturated carbocycles. The minimum Gasteiger partial charge on any atom is -0.378 e. The Labute approximate surface area is 149 Å². The van der Waals surface area contributed by atoms with Gasteiger partial charge in [0.05, 0.1) is 18.7 Å². The molecule has 2 aromatic rings. The minimum atomic E-state index is -0.209. The highest BCUT2D eigenvalue weighted by Crippen LogP contribution is 2.12. The number of carbonyl (C=O) groups excluding carboxylic acids is 1. The third kappa shape index (κ3) is 5.07. The Hall–Kier alpha value is -2.84. The third-order valence-corrected chi connectivity index (χ3v) is 4.33. The molecule has 0 heterocycles. The van der Waals surface area contributed by atoms with Crippen LogP contribution in [0.4, 0.5) is 11.4 Å². The van der Waals surface area contributed by atoms with Crippen LogP contribution >= 0.6 is 0 Å². The van der Waals surface area contributed by atoms with E-state index in [9.17, 15) is 4.79 Å². The molecule has 2 atom stereocenters. The number of rotatable bonds is 6. The Kier molecular flexibility index (Phi) is 6.15. The molecular formula is C20H25N4O+. The van der Waals surface area contributed by atoms with Crippen LogP contribution in [0, 0.1) is 11.3 Å². The second-order valence-electron chi connectivity index (χ2n) is 6.49. The first-order valence-corrected chi connectivity index (χ1v) is 8.30. The molecule has 2 N–H and O–H groups in total. The van der Waals surface area contributed by atoms with Gasteiger partial charge in [-0.3, -0.25) is 4.79 Å².